The number of ether oxygens (including phenoxy) is 2. The molecular weight excluding hydrogens is 544 g/mol. The smallest absolute Gasteiger partial charge is 0.409 e. The summed E-state index contributed by atoms with van der Waals surface area (Å²) in [5, 5.41) is 0.478. The summed E-state index contributed by atoms with van der Waals surface area (Å²) in [5.41, 5.74) is 0. The standard InChI is InChI=1S/C27H41ClN4O6S/c1-3-37-26(33)19-29-15-17-30(18-16-29)23-11-13-31(14-12-23)27(34)38-20-24-6-4-5-21(2)32(24)39(35,36)25-9-7-22(28)8-10-25/h7-10,21,23-24H,3-6,11-20H2,1-2H3/t21-,24-/m1/s1. The van der Waals surface area contributed by atoms with Gasteiger partial charge < -0.3 is 14.4 Å². The molecule has 12 heteroatoms. The molecule has 3 fully saturated rings. The maximum absolute atomic E-state index is 13.5. The van der Waals surface area contributed by atoms with Crippen LogP contribution in [0.2, 0.25) is 5.02 Å². The minimum atomic E-state index is -3.75. The Kier molecular flexibility index (Phi) is 10.5. The van der Waals surface area contributed by atoms with Crippen molar-refractivity contribution in [2.75, 3.05) is 59.0 Å². The molecule has 3 heterocycles. The second-order valence-electron chi connectivity index (χ2n) is 10.6. The van der Waals surface area contributed by atoms with Gasteiger partial charge in [-0.05, 0) is 63.8 Å². The molecule has 0 aliphatic carbocycles. The zero-order chi connectivity index (χ0) is 28.0. The summed E-state index contributed by atoms with van der Waals surface area (Å²) in [6, 6.07) is 6.01. The van der Waals surface area contributed by atoms with Crippen molar-refractivity contribution in [3.8, 4) is 0 Å². The Balaban J connectivity index is 1.25. The fourth-order valence-electron chi connectivity index (χ4n) is 5.93. The van der Waals surface area contributed by atoms with E-state index in [9.17, 15) is 18.0 Å². The molecule has 3 aliphatic heterocycles. The SMILES string of the molecule is CCOC(=O)CN1CCN(C2CCN(C(=O)OC[C@H]3CCC[C@@H](C)N3S(=O)(=O)c3ccc(Cl)cc3)CC2)CC1. The Bertz CT molecular complexity index is 1070. The maximum atomic E-state index is 13.5. The third kappa shape index (κ3) is 7.64. The molecule has 0 saturated carbocycles. The molecule has 0 N–H and O–H groups in total. The number of amides is 1. The molecule has 218 valence electrons. The van der Waals surface area contributed by atoms with Crippen LogP contribution in [-0.4, -0.2) is 117 Å². The Labute approximate surface area is 237 Å². The summed E-state index contributed by atoms with van der Waals surface area (Å²) in [6.07, 6.45) is 3.65. The number of carbonyl (C=O) groups excluding carboxylic acids is 2. The van der Waals surface area contributed by atoms with Crippen LogP contribution in [0.3, 0.4) is 0 Å². The summed E-state index contributed by atoms with van der Waals surface area (Å²) in [5.74, 6) is -0.175. The predicted octanol–water partition coefficient (Wildman–Crippen LogP) is 3.05. The molecule has 10 nitrogen and oxygen atoms in total. The number of halogens is 1. The molecule has 2 atom stereocenters. The Morgan fingerprint density at radius 1 is 0.949 bits per heavy atom. The number of nitrogens with zero attached hydrogens (tertiary/aromatic N) is 4. The summed E-state index contributed by atoms with van der Waals surface area (Å²) >= 11 is 5.96. The lowest BCUT2D eigenvalue weighted by atomic mass is 10.0. The molecule has 0 spiro atoms. The molecule has 39 heavy (non-hydrogen) atoms. The highest BCUT2D eigenvalue weighted by molar-refractivity contribution is 7.89. The summed E-state index contributed by atoms with van der Waals surface area (Å²) < 4.78 is 39.2. The van der Waals surface area contributed by atoms with E-state index in [0.29, 0.717) is 43.7 Å². The minimum Gasteiger partial charge on any atom is -0.465 e. The number of benzene rings is 1. The first kappa shape index (κ1) is 30.0. The van der Waals surface area contributed by atoms with Crippen molar-refractivity contribution < 1.29 is 27.5 Å². The van der Waals surface area contributed by atoms with E-state index in [1.807, 2.05) is 13.8 Å². The Hall–Kier alpha value is -1.92. The largest absolute Gasteiger partial charge is 0.465 e. The number of piperazine rings is 1. The first-order chi connectivity index (χ1) is 18.7. The fourth-order valence-corrected chi connectivity index (χ4v) is 7.92. The van der Waals surface area contributed by atoms with Crippen molar-refractivity contribution in [3.05, 3.63) is 29.3 Å². The predicted molar refractivity (Wildman–Crippen MR) is 148 cm³/mol. The zero-order valence-electron chi connectivity index (χ0n) is 23.0. The van der Waals surface area contributed by atoms with Crippen molar-refractivity contribution in [1.29, 1.82) is 0 Å². The molecule has 1 aromatic carbocycles. The molecule has 1 amide bonds. The number of esters is 1. The molecular formula is C27H41ClN4O6S. The molecule has 0 radical (unpaired) electrons. The van der Waals surface area contributed by atoms with Gasteiger partial charge in [-0.2, -0.15) is 4.31 Å². The van der Waals surface area contributed by atoms with E-state index in [2.05, 4.69) is 9.80 Å². The molecule has 0 bridgehead atoms. The second-order valence-corrected chi connectivity index (χ2v) is 12.9. The average molecular weight is 585 g/mol. The van der Waals surface area contributed by atoms with Gasteiger partial charge in [0.05, 0.1) is 24.1 Å². The van der Waals surface area contributed by atoms with E-state index in [1.54, 1.807) is 17.0 Å². The van der Waals surface area contributed by atoms with Crippen LogP contribution in [0.15, 0.2) is 29.2 Å². The van der Waals surface area contributed by atoms with Crippen LogP contribution in [0.4, 0.5) is 4.79 Å². The van der Waals surface area contributed by atoms with Crippen molar-refractivity contribution in [1.82, 2.24) is 19.0 Å². The van der Waals surface area contributed by atoms with Crippen LogP contribution in [0.1, 0.15) is 46.0 Å². The lowest BCUT2D eigenvalue weighted by molar-refractivity contribution is -0.144. The van der Waals surface area contributed by atoms with Crippen LogP contribution in [0.5, 0.6) is 0 Å². The van der Waals surface area contributed by atoms with Gasteiger partial charge >= 0.3 is 12.1 Å². The summed E-state index contributed by atoms with van der Waals surface area (Å²) in [7, 11) is -3.75. The number of likely N-dealkylation sites (tertiary alicyclic amines) is 1. The molecule has 0 unspecified atom stereocenters. The summed E-state index contributed by atoms with van der Waals surface area (Å²) in [6.45, 7) is 9.17. The van der Waals surface area contributed by atoms with Gasteiger partial charge in [-0.3, -0.25) is 14.6 Å². The maximum Gasteiger partial charge on any atom is 0.409 e. The van der Waals surface area contributed by atoms with E-state index >= 15 is 0 Å². The van der Waals surface area contributed by atoms with Gasteiger partial charge in [-0.25, -0.2) is 13.2 Å². The van der Waals surface area contributed by atoms with Crippen molar-refractivity contribution >= 4 is 33.7 Å². The lowest BCUT2D eigenvalue weighted by Crippen LogP contribution is -2.54. The van der Waals surface area contributed by atoms with E-state index in [0.717, 1.165) is 51.9 Å². The highest BCUT2D eigenvalue weighted by Crippen LogP contribution is 2.31. The number of rotatable bonds is 8. The van der Waals surface area contributed by atoms with Gasteiger partial charge in [-0.1, -0.05) is 18.0 Å². The van der Waals surface area contributed by atoms with Gasteiger partial charge in [0, 0.05) is 56.4 Å². The van der Waals surface area contributed by atoms with Gasteiger partial charge in [0.15, 0.2) is 0 Å². The van der Waals surface area contributed by atoms with Crippen LogP contribution in [-0.2, 0) is 24.3 Å². The Morgan fingerprint density at radius 3 is 2.26 bits per heavy atom. The minimum absolute atomic E-state index is 0.0400. The van der Waals surface area contributed by atoms with Crippen molar-refractivity contribution in [2.45, 2.75) is 69.0 Å². The molecule has 0 aromatic heterocycles. The third-order valence-electron chi connectivity index (χ3n) is 8.05. The second kappa shape index (κ2) is 13.6. The van der Waals surface area contributed by atoms with E-state index in [4.69, 9.17) is 21.1 Å². The van der Waals surface area contributed by atoms with E-state index in [-0.39, 0.29) is 29.6 Å². The van der Waals surface area contributed by atoms with E-state index in [1.165, 1.54) is 16.4 Å². The summed E-state index contributed by atoms with van der Waals surface area (Å²) in [4.78, 5) is 31.2. The quantitative estimate of drug-likeness (QED) is 0.430. The number of hydrogen-bond acceptors (Lipinski definition) is 8. The number of piperidine rings is 2. The van der Waals surface area contributed by atoms with Crippen LogP contribution in [0.25, 0.3) is 0 Å². The zero-order valence-corrected chi connectivity index (χ0v) is 24.5. The van der Waals surface area contributed by atoms with Crippen LogP contribution in [0, 0.1) is 0 Å². The molecule has 3 saturated heterocycles. The van der Waals surface area contributed by atoms with Crippen molar-refractivity contribution in [2.24, 2.45) is 0 Å². The number of carbonyl (C=O) groups is 2. The average Bonchev–Trinajstić information content (AvgIpc) is 2.92. The molecule has 4 rings (SSSR count). The van der Waals surface area contributed by atoms with Crippen LogP contribution >= 0.6 is 11.6 Å². The monoisotopic (exact) mass is 584 g/mol. The molecule has 3 aliphatic rings. The lowest BCUT2D eigenvalue weighted by Gasteiger charge is -2.42. The highest BCUT2D eigenvalue weighted by atomic mass is 35.5. The fraction of sp³-hybridized carbons (Fsp3) is 0.704. The van der Waals surface area contributed by atoms with Gasteiger partial charge in [0.2, 0.25) is 10.0 Å². The van der Waals surface area contributed by atoms with Gasteiger partial charge in [-0.15, -0.1) is 0 Å². The highest BCUT2D eigenvalue weighted by Gasteiger charge is 2.39. The topological polar surface area (TPSA) is 99.7 Å². The third-order valence-corrected chi connectivity index (χ3v) is 10.4. The molecule has 1 aromatic rings. The Morgan fingerprint density at radius 2 is 1.62 bits per heavy atom. The first-order valence-corrected chi connectivity index (χ1v) is 15.8. The number of hydrogen-bond donors (Lipinski definition) is 0. The van der Waals surface area contributed by atoms with Gasteiger partial charge in [0.1, 0.15) is 6.61 Å². The van der Waals surface area contributed by atoms with E-state index < -0.39 is 16.1 Å². The van der Waals surface area contributed by atoms with Gasteiger partial charge in [0.25, 0.3) is 0 Å². The normalized spacial score (nSPS) is 24.4. The van der Waals surface area contributed by atoms with Crippen molar-refractivity contribution in [3.63, 3.8) is 0 Å². The van der Waals surface area contributed by atoms with Crippen LogP contribution < -0.4 is 0 Å². The number of sulfonamides is 1. The first-order valence-electron chi connectivity index (χ1n) is 14.0.